The Bertz CT molecular complexity index is 406. The molecule has 0 aromatic heterocycles. The van der Waals surface area contributed by atoms with Crippen molar-refractivity contribution in [3.8, 4) is 5.75 Å². The van der Waals surface area contributed by atoms with Crippen LogP contribution in [-0.4, -0.2) is 37.6 Å². The molecule has 0 saturated heterocycles. The van der Waals surface area contributed by atoms with Crippen molar-refractivity contribution in [2.24, 2.45) is 0 Å². The predicted octanol–water partition coefficient (Wildman–Crippen LogP) is 2.63. The van der Waals surface area contributed by atoms with Crippen LogP contribution in [-0.2, 0) is 4.79 Å². The lowest BCUT2D eigenvalue weighted by molar-refractivity contribution is -0.128. The zero-order valence-electron chi connectivity index (χ0n) is 11.0. The summed E-state index contributed by atoms with van der Waals surface area (Å²) in [6, 6.07) is 5.34. The van der Waals surface area contributed by atoms with Crippen LogP contribution in [0.1, 0.15) is 13.8 Å². The number of amides is 1. The molecule has 1 rings (SSSR count). The van der Waals surface area contributed by atoms with Crippen LogP contribution in [0.25, 0.3) is 0 Å². The van der Waals surface area contributed by atoms with Crippen molar-refractivity contribution in [1.82, 2.24) is 4.90 Å². The quantitative estimate of drug-likeness (QED) is 0.864. The Hall–Kier alpha value is -1.42. The van der Waals surface area contributed by atoms with Crippen molar-refractivity contribution in [3.63, 3.8) is 0 Å². The van der Waals surface area contributed by atoms with Crippen LogP contribution >= 0.6 is 11.6 Å². The van der Waals surface area contributed by atoms with Gasteiger partial charge in [0, 0.05) is 24.8 Å². The summed E-state index contributed by atoms with van der Waals surface area (Å²) in [5.41, 5.74) is 0.816. The van der Waals surface area contributed by atoms with Gasteiger partial charge in [-0.15, -0.1) is 0 Å². The molecule has 0 fully saturated rings. The number of ether oxygens (including phenoxy) is 1. The van der Waals surface area contributed by atoms with Crippen LogP contribution in [0.2, 0.25) is 5.02 Å². The largest absolute Gasteiger partial charge is 0.495 e. The summed E-state index contributed by atoms with van der Waals surface area (Å²) in [5.74, 6) is 0.672. The van der Waals surface area contributed by atoms with Crippen LogP contribution < -0.4 is 10.1 Å². The normalized spacial score (nSPS) is 10.0. The number of halogens is 1. The highest BCUT2D eigenvalue weighted by Gasteiger charge is 2.09. The Kier molecular flexibility index (Phi) is 5.78. The molecule has 0 unspecified atom stereocenters. The lowest BCUT2D eigenvalue weighted by Crippen LogP contribution is -2.35. The first-order chi connectivity index (χ1) is 8.62. The Balaban J connectivity index is 2.61. The van der Waals surface area contributed by atoms with Crippen LogP contribution in [0.15, 0.2) is 18.2 Å². The van der Waals surface area contributed by atoms with E-state index in [9.17, 15) is 4.79 Å². The molecule has 18 heavy (non-hydrogen) atoms. The van der Waals surface area contributed by atoms with E-state index >= 15 is 0 Å². The van der Waals surface area contributed by atoms with Gasteiger partial charge in [0.2, 0.25) is 5.91 Å². The van der Waals surface area contributed by atoms with E-state index in [-0.39, 0.29) is 12.5 Å². The standard InChI is InChI=1S/C13H19ClN2O2/c1-4-16(5-2)13(17)9-15-10-6-7-11(14)12(8-10)18-3/h6-8,15H,4-5,9H2,1-3H3. The topological polar surface area (TPSA) is 41.6 Å². The number of hydrogen-bond acceptors (Lipinski definition) is 3. The van der Waals surface area contributed by atoms with Crippen molar-refractivity contribution in [3.05, 3.63) is 23.2 Å². The van der Waals surface area contributed by atoms with Crippen LogP contribution in [0.3, 0.4) is 0 Å². The number of carbonyl (C=O) groups is 1. The predicted molar refractivity (Wildman–Crippen MR) is 74.4 cm³/mol. The summed E-state index contributed by atoms with van der Waals surface area (Å²) in [5, 5.41) is 3.62. The lowest BCUT2D eigenvalue weighted by Gasteiger charge is -2.19. The van der Waals surface area contributed by atoms with Crippen molar-refractivity contribution in [2.45, 2.75) is 13.8 Å². The summed E-state index contributed by atoms with van der Waals surface area (Å²) in [4.78, 5) is 13.6. The summed E-state index contributed by atoms with van der Waals surface area (Å²) >= 11 is 5.93. The van der Waals surface area contributed by atoms with Gasteiger partial charge in [-0.25, -0.2) is 0 Å². The molecule has 1 aromatic carbocycles. The van der Waals surface area contributed by atoms with Gasteiger partial charge in [-0.1, -0.05) is 11.6 Å². The number of nitrogens with one attached hydrogen (secondary N) is 1. The second kappa shape index (κ2) is 7.11. The van der Waals surface area contributed by atoms with Gasteiger partial charge in [0.1, 0.15) is 5.75 Å². The van der Waals surface area contributed by atoms with E-state index in [0.29, 0.717) is 10.8 Å². The molecule has 4 nitrogen and oxygen atoms in total. The van der Waals surface area contributed by atoms with E-state index in [1.54, 1.807) is 24.1 Å². The van der Waals surface area contributed by atoms with E-state index in [1.807, 2.05) is 19.9 Å². The Labute approximate surface area is 113 Å². The number of rotatable bonds is 6. The Morgan fingerprint density at radius 2 is 2.06 bits per heavy atom. The SMILES string of the molecule is CCN(CC)C(=O)CNc1ccc(Cl)c(OC)c1. The summed E-state index contributed by atoms with van der Waals surface area (Å²) in [6.07, 6.45) is 0. The smallest absolute Gasteiger partial charge is 0.241 e. The molecular formula is C13H19ClN2O2. The van der Waals surface area contributed by atoms with Gasteiger partial charge in [-0.2, -0.15) is 0 Å². The fourth-order valence-electron chi connectivity index (χ4n) is 1.64. The van der Waals surface area contributed by atoms with E-state index < -0.39 is 0 Å². The van der Waals surface area contributed by atoms with Gasteiger partial charge < -0.3 is 15.0 Å². The highest BCUT2D eigenvalue weighted by atomic mass is 35.5. The molecule has 0 saturated carbocycles. The van der Waals surface area contributed by atoms with Crippen molar-refractivity contribution in [2.75, 3.05) is 32.1 Å². The maximum absolute atomic E-state index is 11.8. The van der Waals surface area contributed by atoms with Gasteiger partial charge in [0.15, 0.2) is 0 Å². The van der Waals surface area contributed by atoms with Crippen LogP contribution in [0.5, 0.6) is 5.75 Å². The first-order valence-electron chi connectivity index (χ1n) is 5.97. The first kappa shape index (κ1) is 14.6. The molecule has 1 amide bonds. The number of carbonyl (C=O) groups excluding carboxylic acids is 1. The van der Waals surface area contributed by atoms with Crippen LogP contribution in [0, 0.1) is 0 Å². The number of likely N-dealkylation sites (N-methyl/N-ethyl adjacent to an activating group) is 1. The van der Waals surface area contributed by atoms with Gasteiger partial charge in [0.05, 0.1) is 18.7 Å². The molecule has 100 valence electrons. The molecule has 0 aliphatic heterocycles. The van der Waals surface area contributed by atoms with Crippen LogP contribution in [0.4, 0.5) is 5.69 Å². The van der Waals surface area contributed by atoms with E-state index in [4.69, 9.17) is 16.3 Å². The third-order valence-electron chi connectivity index (χ3n) is 2.71. The van der Waals surface area contributed by atoms with E-state index in [2.05, 4.69) is 5.32 Å². The van der Waals surface area contributed by atoms with Crippen molar-refractivity contribution >= 4 is 23.2 Å². The number of benzene rings is 1. The molecule has 1 aromatic rings. The molecule has 0 bridgehead atoms. The average Bonchev–Trinajstić information content (AvgIpc) is 2.39. The molecule has 5 heteroatoms. The van der Waals surface area contributed by atoms with E-state index in [0.717, 1.165) is 18.8 Å². The van der Waals surface area contributed by atoms with Crippen molar-refractivity contribution < 1.29 is 9.53 Å². The Morgan fingerprint density at radius 1 is 1.39 bits per heavy atom. The van der Waals surface area contributed by atoms with Gasteiger partial charge >= 0.3 is 0 Å². The van der Waals surface area contributed by atoms with E-state index in [1.165, 1.54) is 0 Å². The molecule has 0 heterocycles. The van der Waals surface area contributed by atoms with Gasteiger partial charge in [-0.05, 0) is 26.0 Å². The number of hydrogen-bond donors (Lipinski definition) is 1. The molecular weight excluding hydrogens is 252 g/mol. The minimum Gasteiger partial charge on any atom is -0.495 e. The zero-order chi connectivity index (χ0) is 13.5. The zero-order valence-corrected chi connectivity index (χ0v) is 11.8. The number of nitrogens with zero attached hydrogens (tertiary/aromatic N) is 1. The van der Waals surface area contributed by atoms with Crippen molar-refractivity contribution in [1.29, 1.82) is 0 Å². The molecule has 0 spiro atoms. The monoisotopic (exact) mass is 270 g/mol. The minimum atomic E-state index is 0.0777. The molecule has 0 radical (unpaired) electrons. The maximum atomic E-state index is 11.8. The van der Waals surface area contributed by atoms with Gasteiger partial charge in [0.25, 0.3) is 0 Å². The third-order valence-corrected chi connectivity index (χ3v) is 3.02. The molecule has 0 atom stereocenters. The fraction of sp³-hybridized carbons (Fsp3) is 0.462. The van der Waals surface area contributed by atoms with Gasteiger partial charge in [-0.3, -0.25) is 4.79 Å². The third kappa shape index (κ3) is 3.81. The fourth-order valence-corrected chi connectivity index (χ4v) is 1.83. The average molecular weight is 271 g/mol. The summed E-state index contributed by atoms with van der Waals surface area (Å²) < 4.78 is 5.11. The maximum Gasteiger partial charge on any atom is 0.241 e. The summed E-state index contributed by atoms with van der Waals surface area (Å²) in [6.45, 7) is 5.65. The second-order valence-electron chi connectivity index (χ2n) is 3.77. The molecule has 1 N–H and O–H groups in total. The first-order valence-corrected chi connectivity index (χ1v) is 6.35. The highest BCUT2D eigenvalue weighted by Crippen LogP contribution is 2.27. The number of methoxy groups -OCH3 is 1. The minimum absolute atomic E-state index is 0.0777. The number of anilines is 1. The summed E-state index contributed by atoms with van der Waals surface area (Å²) in [7, 11) is 1.56. The molecule has 0 aliphatic carbocycles. The lowest BCUT2D eigenvalue weighted by atomic mass is 10.3. The molecule has 0 aliphatic rings. The highest BCUT2D eigenvalue weighted by molar-refractivity contribution is 6.32. The Morgan fingerprint density at radius 3 is 2.61 bits per heavy atom. The second-order valence-corrected chi connectivity index (χ2v) is 4.18.